The lowest BCUT2D eigenvalue weighted by Gasteiger charge is -2.05. The fraction of sp³-hybridized carbons (Fsp3) is 0.800. The van der Waals surface area contributed by atoms with Gasteiger partial charge < -0.3 is 0 Å². The van der Waals surface area contributed by atoms with Crippen molar-refractivity contribution in [3.8, 4) is 0 Å². The maximum Gasteiger partial charge on any atom is 0.431 e. The maximum absolute atomic E-state index is 11.9. The molecule has 3 nitrogen and oxygen atoms in total. The molecule has 62 valence electrons. The first kappa shape index (κ1) is 8.16. The lowest BCUT2D eigenvalue weighted by Crippen LogP contribution is -2.22. The standard InChI is InChI=1S/C5H6F3N3/c6-5(7,8)4-2-1-3-9-11-10-4/h1-3H2. The van der Waals surface area contributed by atoms with Crippen molar-refractivity contribution < 1.29 is 13.2 Å². The largest absolute Gasteiger partial charge is 0.431 e. The summed E-state index contributed by atoms with van der Waals surface area (Å²) < 4.78 is 35.7. The third-order valence-electron chi connectivity index (χ3n) is 1.23. The second-order valence-electron chi connectivity index (χ2n) is 2.10. The van der Waals surface area contributed by atoms with E-state index in [-0.39, 0.29) is 6.42 Å². The molecule has 0 amide bonds. The van der Waals surface area contributed by atoms with Gasteiger partial charge in [-0.15, -0.1) is 5.10 Å². The molecule has 0 unspecified atom stereocenters. The molecule has 1 rings (SSSR count). The smallest absolute Gasteiger partial charge is 0.169 e. The second kappa shape index (κ2) is 2.98. The van der Waals surface area contributed by atoms with Crippen LogP contribution in [0.1, 0.15) is 12.8 Å². The quantitative estimate of drug-likeness (QED) is 0.527. The zero-order valence-electron chi connectivity index (χ0n) is 5.60. The van der Waals surface area contributed by atoms with Crippen molar-refractivity contribution in [2.24, 2.45) is 15.4 Å². The fourth-order valence-corrected chi connectivity index (χ4v) is 0.696. The predicted molar refractivity (Wildman–Crippen MR) is 32.4 cm³/mol. The molecule has 0 bridgehead atoms. The Kier molecular flexibility index (Phi) is 2.21. The van der Waals surface area contributed by atoms with Crippen molar-refractivity contribution in [3.05, 3.63) is 0 Å². The molecule has 0 aromatic carbocycles. The summed E-state index contributed by atoms with van der Waals surface area (Å²) in [7, 11) is 0. The van der Waals surface area contributed by atoms with Crippen LogP contribution in [-0.2, 0) is 0 Å². The summed E-state index contributed by atoms with van der Waals surface area (Å²) >= 11 is 0. The number of alkyl halides is 3. The SMILES string of the molecule is FC(F)(F)C1=NN=NCCC1. The third kappa shape index (κ3) is 2.28. The van der Waals surface area contributed by atoms with Gasteiger partial charge in [-0.1, -0.05) is 0 Å². The topological polar surface area (TPSA) is 37.1 Å². The molecule has 0 atom stereocenters. The van der Waals surface area contributed by atoms with Gasteiger partial charge in [0.2, 0.25) is 0 Å². The van der Waals surface area contributed by atoms with E-state index in [0.717, 1.165) is 0 Å². The normalized spacial score (nSPS) is 19.4. The first-order valence-corrected chi connectivity index (χ1v) is 3.11. The van der Waals surface area contributed by atoms with Crippen molar-refractivity contribution in [1.29, 1.82) is 0 Å². The van der Waals surface area contributed by atoms with E-state index in [1.807, 2.05) is 0 Å². The van der Waals surface area contributed by atoms with Gasteiger partial charge in [0.1, 0.15) is 5.71 Å². The monoisotopic (exact) mass is 165 g/mol. The molecule has 1 aliphatic rings. The van der Waals surface area contributed by atoms with Gasteiger partial charge in [-0.05, 0) is 18.1 Å². The fourth-order valence-electron chi connectivity index (χ4n) is 0.696. The molecule has 0 fully saturated rings. The first-order chi connectivity index (χ1) is 5.11. The Morgan fingerprint density at radius 2 is 2.00 bits per heavy atom. The molecule has 0 aromatic heterocycles. The molecule has 11 heavy (non-hydrogen) atoms. The molecule has 0 spiro atoms. The Hall–Kier alpha value is -0.940. The van der Waals surface area contributed by atoms with E-state index in [1.54, 1.807) is 0 Å². The van der Waals surface area contributed by atoms with Gasteiger partial charge in [-0.25, -0.2) is 0 Å². The third-order valence-corrected chi connectivity index (χ3v) is 1.23. The molecule has 6 heteroatoms. The Morgan fingerprint density at radius 1 is 1.27 bits per heavy atom. The van der Waals surface area contributed by atoms with Crippen LogP contribution in [0.15, 0.2) is 15.4 Å². The molecule has 1 heterocycles. The molecule has 0 aromatic rings. The van der Waals surface area contributed by atoms with Gasteiger partial charge in [-0.2, -0.15) is 18.3 Å². The van der Waals surface area contributed by atoms with E-state index in [2.05, 4.69) is 15.4 Å². The zero-order valence-corrected chi connectivity index (χ0v) is 5.60. The van der Waals surface area contributed by atoms with E-state index >= 15 is 0 Å². The number of halogens is 3. The van der Waals surface area contributed by atoms with Gasteiger partial charge >= 0.3 is 6.18 Å². The van der Waals surface area contributed by atoms with Crippen LogP contribution in [-0.4, -0.2) is 18.4 Å². The van der Waals surface area contributed by atoms with Gasteiger partial charge in [0, 0.05) is 0 Å². The van der Waals surface area contributed by atoms with Crippen LogP contribution >= 0.6 is 0 Å². The molecule has 0 radical (unpaired) electrons. The highest BCUT2D eigenvalue weighted by atomic mass is 19.4. The molecule has 0 saturated carbocycles. The van der Waals surface area contributed by atoms with E-state index in [0.29, 0.717) is 13.0 Å². The van der Waals surface area contributed by atoms with Crippen molar-refractivity contribution in [1.82, 2.24) is 0 Å². The Balaban J connectivity index is 2.71. The summed E-state index contributed by atoms with van der Waals surface area (Å²) in [6.45, 7) is 0.323. The summed E-state index contributed by atoms with van der Waals surface area (Å²) in [6.07, 6.45) is -4.07. The average Bonchev–Trinajstić information content (AvgIpc) is 2.10. The van der Waals surface area contributed by atoms with Gasteiger partial charge in [0.15, 0.2) is 0 Å². The van der Waals surface area contributed by atoms with E-state index in [4.69, 9.17) is 0 Å². The van der Waals surface area contributed by atoms with Gasteiger partial charge in [0.05, 0.1) is 6.54 Å². The summed E-state index contributed by atoms with van der Waals surface area (Å²) in [5.74, 6) is 0. The number of hydrogen-bond acceptors (Lipinski definition) is 3. The number of hydrogen-bond donors (Lipinski definition) is 0. The minimum atomic E-state index is -4.34. The van der Waals surface area contributed by atoms with Crippen molar-refractivity contribution in [2.45, 2.75) is 19.0 Å². The van der Waals surface area contributed by atoms with Crippen LogP contribution in [0.2, 0.25) is 0 Å². The van der Waals surface area contributed by atoms with Gasteiger partial charge in [-0.3, -0.25) is 0 Å². The molecule has 1 aliphatic heterocycles. The highest BCUT2D eigenvalue weighted by Gasteiger charge is 2.35. The highest BCUT2D eigenvalue weighted by Crippen LogP contribution is 2.21. The van der Waals surface area contributed by atoms with Crippen molar-refractivity contribution in [2.75, 3.05) is 6.54 Å². The Morgan fingerprint density at radius 3 is 2.64 bits per heavy atom. The zero-order chi connectivity index (χ0) is 8.32. The van der Waals surface area contributed by atoms with E-state index < -0.39 is 11.9 Å². The first-order valence-electron chi connectivity index (χ1n) is 3.11. The predicted octanol–water partition coefficient (Wildman–Crippen LogP) is 2.15. The van der Waals surface area contributed by atoms with Crippen LogP contribution in [0, 0.1) is 0 Å². The van der Waals surface area contributed by atoms with Crippen molar-refractivity contribution >= 4 is 5.71 Å². The minimum Gasteiger partial charge on any atom is -0.169 e. The maximum atomic E-state index is 11.9. The Labute approximate surface area is 61.0 Å². The molecule has 0 saturated heterocycles. The number of rotatable bonds is 0. The summed E-state index contributed by atoms with van der Waals surface area (Å²) in [5, 5.41) is 9.33. The van der Waals surface area contributed by atoms with Crippen LogP contribution in [0.5, 0.6) is 0 Å². The molecule has 0 aliphatic carbocycles. The van der Waals surface area contributed by atoms with E-state index in [9.17, 15) is 13.2 Å². The summed E-state index contributed by atoms with van der Waals surface area (Å²) in [5.41, 5.74) is -0.834. The van der Waals surface area contributed by atoms with E-state index in [1.165, 1.54) is 0 Å². The Bertz CT molecular complexity index is 194. The lowest BCUT2D eigenvalue weighted by atomic mass is 10.2. The summed E-state index contributed by atoms with van der Waals surface area (Å²) in [6, 6.07) is 0. The minimum absolute atomic E-state index is 0.0868. The van der Waals surface area contributed by atoms with Crippen LogP contribution in [0.25, 0.3) is 0 Å². The van der Waals surface area contributed by atoms with Crippen molar-refractivity contribution in [3.63, 3.8) is 0 Å². The lowest BCUT2D eigenvalue weighted by molar-refractivity contribution is -0.0606. The summed E-state index contributed by atoms with van der Waals surface area (Å²) in [4.78, 5) is 0. The molecular weight excluding hydrogens is 159 g/mol. The molecular formula is C5H6F3N3. The average molecular weight is 165 g/mol. The second-order valence-corrected chi connectivity index (χ2v) is 2.10. The molecule has 0 N–H and O–H groups in total. The van der Waals surface area contributed by atoms with Crippen LogP contribution in [0.4, 0.5) is 13.2 Å². The highest BCUT2D eigenvalue weighted by molar-refractivity contribution is 5.89. The number of nitrogens with zero attached hydrogens (tertiary/aromatic N) is 3. The van der Waals surface area contributed by atoms with Gasteiger partial charge in [0.25, 0.3) is 0 Å². The van der Waals surface area contributed by atoms with Crippen LogP contribution in [0.3, 0.4) is 0 Å². The van der Waals surface area contributed by atoms with Crippen LogP contribution < -0.4 is 0 Å².